The van der Waals surface area contributed by atoms with Gasteiger partial charge in [0.2, 0.25) is 11.8 Å². The van der Waals surface area contributed by atoms with Gasteiger partial charge in [-0.25, -0.2) is 0 Å². The van der Waals surface area contributed by atoms with Crippen molar-refractivity contribution in [3.63, 3.8) is 0 Å². The first-order valence-corrected chi connectivity index (χ1v) is 9.18. The lowest BCUT2D eigenvalue weighted by Gasteiger charge is -2.35. The zero-order valence-electron chi connectivity index (χ0n) is 14.4. The third kappa shape index (κ3) is 4.15. The van der Waals surface area contributed by atoms with Crippen LogP contribution in [0.15, 0.2) is 4.52 Å². The second-order valence-electron chi connectivity index (χ2n) is 7.36. The summed E-state index contributed by atoms with van der Waals surface area (Å²) in [6.45, 7) is 2.85. The SMILES string of the molecule is Cl.NC(C(=O)N1CCCC(c2noc(C3CC3)n2)C1)C1CCOCC1. The quantitative estimate of drug-likeness (QED) is 0.868. The molecule has 3 aliphatic rings. The summed E-state index contributed by atoms with van der Waals surface area (Å²) in [4.78, 5) is 19.3. The number of hydrogen-bond acceptors (Lipinski definition) is 6. The van der Waals surface area contributed by atoms with Gasteiger partial charge in [-0.2, -0.15) is 4.98 Å². The number of carbonyl (C=O) groups excluding carboxylic acids is 1. The van der Waals surface area contributed by atoms with Crippen molar-refractivity contribution in [2.45, 2.75) is 56.4 Å². The highest BCUT2D eigenvalue weighted by Crippen LogP contribution is 2.39. The molecule has 3 heterocycles. The molecule has 2 aliphatic heterocycles. The summed E-state index contributed by atoms with van der Waals surface area (Å²) in [7, 11) is 0. The van der Waals surface area contributed by atoms with Crippen LogP contribution in [0.5, 0.6) is 0 Å². The molecule has 25 heavy (non-hydrogen) atoms. The van der Waals surface area contributed by atoms with Crippen LogP contribution in [0.25, 0.3) is 0 Å². The van der Waals surface area contributed by atoms with Crippen molar-refractivity contribution >= 4 is 18.3 Å². The summed E-state index contributed by atoms with van der Waals surface area (Å²) < 4.78 is 10.7. The number of carbonyl (C=O) groups is 1. The van der Waals surface area contributed by atoms with Gasteiger partial charge in [0.05, 0.1) is 6.04 Å². The largest absolute Gasteiger partial charge is 0.381 e. The first-order valence-electron chi connectivity index (χ1n) is 9.18. The van der Waals surface area contributed by atoms with Gasteiger partial charge in [-0.15, -0.1) is 12.4 Å². The lowest BCUT2D eigenvalue weighted by molar-refractivity contribution is -0.136. The van der Waals surface area contributed by atoms with E-state index in [1.54, 1.807) is 0 Å². The van der Waals surface area contributed by atoms with E-state index in [9.17, 15) is 4.79 Å². The van der Waals surface area contributed by atoms with Crippen molar-refractivity contribution in [3.05, 3.63) is 11.7 Å². The van der Waals surface area contributed by atoms with Crippen molar-refractivity contribution in [1.29, 1.82) is 0 Å². The van der Waals surface area contributed by atoms with E-state index in [-0.39, 0.29) is 30.2 Å². The zero-order valence-corrected chi connectivity index (χ0v) is 15.2. The zero-order chi connectivity index (χ0) is 16.5. The Kier molecular flexibility index (Phi) is 5.96. The van der Waals surface area contributed by atoms with Crippen LogP contribution in [0.2, 0.25) is 0 Å². The Balaban J connectivity index is 0.00000182. The molecule has 1 aliphatic carbocycles. The maximum Gasteiger partial charge on any atom is 0.239 e. The number of amides is 1. The predicted octanol–water partition coefficient (Wildman–Crippen LogP) is 1.83. The Morgan fingerprint density at radius 2 is 1.92 bits per heavy atom. The standard InChI is InChI=1S/C17H26N4O3.ClH/c18-14(11-5-8-23-9-6-11)17(22)21-7-1-2-13(10-21)15-19-16(24-20-15)12-3-4-12;/h11-14H,1-10,18H2;1H. The Labute approximate surface area is 154 Å². The van der Waals surface area contributed by atoms with Crippen molar-refractivity contribution in [1.82, 2.24) is 15.0 Å². The summed E-state index contributed by atoms with van der Waals surface area (Å²) in [5.41, 5.74) is 6.26. The van der Waals surface area contributed by atoms with Crippen molar-refractivity contribution in [2.24, 2.45) is 11.7 Å². The average Bonchev–Trinajstić information content (AvgIpc) is 3.38. The fourth-order valence-electron chi connectivity index (χ4n) is 3.78. The number of nitrogens with two attached hydrogens (primary N) is 1. The Bertz CT molecular complexity index is 586. The second-order valence-corrected chi connectivity index (χ2v) is 7.36. The van der Waals surface area contributed by atoms with Gasteiger partial charge in [-0.05, 0) is 44.4 Å². The number of aromatic nitrogens is 2. The lowest BCUT2D eigenvalue weighted by atomic mass is 9.90. The molecule has 2 saturated heterocycles. The van der Waals surface area contributed by atoms with Crippen molar-refractivity contribution in [2.75, 3.05) is 26.3 Å². The minimum absolute atomic E-state index is 0. The molecule has 3 fully saturated rings. The topological polar surface area (TPSA) is 94.5 Å². The third-order valence-electron chi connectivity index (χ3n) is 5.54. The van der Waals surface area contributed by atoms with E-state index in [0.29, 0.717) is 25.7 Å². The molecule has 0 bridgehead atoms. The lowest BCUT2D eigenvalue weighted by Crippen LogP contribution is -2.51. The normalized spacial score (nSPS) is 26.1. The molecule has 1 saturated carbocycles. The monoisotopic (exact) mass is 370 g/mol. The van der Waals surface area contributed by atoms with Crippen LogP contribution in [-0.4, -0.2) is 53.3 Å². The first-order chi connectivity index (χ1) is 11.7. The molecular formula is C17H27ClN4O3. The van der Waals surface area contributed by atoms with E-state index in [2.05, 4.69) is 10.1 Å². The molecule has 1 amide bonds. The average molecular weight is 371 g/mol. The van der Waals surface area contributed by atoms with Crippen LogP contribution in [-0.2, 0) is 9.53 Å². The third-order valence-corrected chi connectivity index (χ3v) is 5.54. The van der Waals surface area contributed by atoms with Crippen LogP contribution in [0.1, 0.15) is 62.1 Å². The number of halogens is 1. The van der Waals surface area contributed by atoms with Gasteiger partial charge < -0.3 is 19.9 Å². The molecule has 0 aromatic carbocycles. The summed E-state index contributed by atoms with van der Waals surface area (Å²) in [5.74, 6) is 2.47. The molecule has 1 aromatic heterocycles. The highest BCUT2D eigenvalue weighted by molar-refractivity contribution is 5.85. The molecule has 2 unspecified atom stereocenters. The molecule has 1 aromatic rings. The minimum Gasteiger partial charge on any atom is -0.381 e. The van der Waals surface area contributed by atoms with E-state index in [4.69, 9.17) is 15.0 Å². The maximum absolute atomic E-state index is 12.8. The van der Waals surface area contributed by atoms with Gasteiger partial charge in [0.15, 0.2) is 5.82 Å². The summed E-state index contributed by atoms with van der Waals surface area (Å²) >= 11 is 0. The van der Waals surface area contributed by atoms with Gasteiger partial charge in [0, 0.05) is 38.1 Å². The van der Waals surface area contributed by atoms with Crippen LogP contribution in [0.4, 0.5) is 0 Å². The highest BCUT2D eigenvalue weighted by atomic mass is 35.5. The molecule has 140 valence electrons. The van der Waals surface area contributed by atoms with Crippen LogP contribution >= 0.6 is 12.4 Å². The fraction of sp³-hybridized carbons (Fsp3) is 0.824. The number of likely N-dealkylation sites (tertiary alicyclic amines) is 1. The van der Waals surface area contributed by atoms with Gasteiger partial charge in [-0.1, -0.05) is 5.16 Å². The molecule has 7 nitrogen and oxygen atoms in total. The molecular weight excluding hydrogens is 344 g/mol. The molecule has 4 rings (SSSR count). The number of piperidine rings is 1. The van der Waals surface area contributed by atoms with E-state index in [1.807, 2.05) is 4.90 Å². The van der Waals surface area contributed by atoms with E-state index in [0.717, 1.165) is 56.8 Å². The van der Waals surface area contributed by atoms with Gasteiger partial charge in [-0.3, -0.25) is 4.79 Å². The van der Waals surface area contributed by atoms with Gasteiger partial charge in [0.1, 0.15) is 0 Å². The fourth-order valence-corrected chi connectivity index (χ4v) is 3.78. The van der Waals surface area contributed by atoms with Crippen LogP contribution in [0.3, 0.4) is 0 Å². The molecule has 0 spiro atoms. The Morgan fingerprint density at radius 1 is 1.16 bits per heavy atom. The molecule has 2 atom stereocenters. The van der Waals surface area contributed by atoms with Crippen molar-refractivity contribution in [3.8, 4) is 0 Å². The van der Waals surface area contributed by atoms with Crippen LogP contribution < -0.4 is 5.73 Å². The maximum atomic E-state index is 12.8. The Hall–Kier alpha value is -1.18. The first kappa shape index (κ1) is 18.6. The van der Waals surface area contributed by atoms with E-state index in [1.165, 1.54) is 0 Å². The Morgan fingerprint density at radius 3 is 2.64 bits per heavy atom. The number of hydrogen-bond donors (Lipinski definition) is 1. The van der Waals surface area contributed by atoms with Gasteiger partial charge in [0.25, 0.3) is 0 Å². The molecule has 0 radical (unpaired) electrons. The van der Waals surface area contributed by atoms with Crippen molar-refractivity contribution < 1.29 is 14.1 Å². The number of nitrogens with zero attached hydrogens (tertiary/aromatic N) is 3. The number of rotatable bonds is 4. The molecule has 2 N–H and O–H groups in total. The summed E-state index contributed by atoms with van der Waals surface area (Å²) in [6.07, 6.45) is 6.01. The summed E-state index contributed by atoms with van der Waals surface area (Å²) in [6, 6.07) is -0.417. The minimum atomic E-state index is -0.417. The predicted molar refractivity (Wildman–Crippen MR) is 93.6 cm³/mol. The summed E-state index contributed by atoms with van der Waals surface area (Å²) in [5, 5.41) is 4.16. The smallest absolute Gasteiger partial charge is 0.239 e. The van der Waals surface area contributed by atoms with Crippen LogP contribution in [0, 0.1) is 5.92 Å². The van der Waals surface area contributed by atoms with E-state index < -0.39 is 6.04 Å². The van der Waals surface area contributed by atoms with E-state index >= 15 is 0 Å². The second kappa shape index (κ2) is 8.01. The highest BCUT2D eigenvalue weighted by Gasteiger charge is 2.35. The van der Waals surface area contributed by atoms with Gasteiger partial charge >= 0.3 is 0 Å². The molecule has 8 heteroatoms. The number of ether oxygens (including phenoxy) is 1.